The highest BCUT2D eigenvalue weighted by atomic mass is 15.5. The van der Waals surface area contributed by atoms with Gasteiger partial charge in [0.2, 0.25) is 0 Å². The average Bonchev–Trinajstić information content (AvgIpc) is 2.77. The quantitative estimate of drug-likeness (QED) is 0.685. The Morgan fingerprint density at radius 2 is 2.38 bits per heavy atom. The summed E-state index contributed by atoms with van der Waals surface area (Å²) in [4.78, 5) is 2.25. The fourth-order valence-electron chi connectivity index (χ4n) is 0.871. The van der Waals surface area contributed by atoms with Crippen LogP contribution in [0.2, 0.25) is 0 Å². The van der Waals surface area contributed by atoms with E-state index >= 15 is 0 Å². The van der Waals surface area contributed by atoms with Gasteiger partial charge in [-0.2, -0.15) is 5.21 Å². The van der Waals surface area contributed by atoms with Crippen LogP contribution in [0.1, 0.15) is 6.92 Å². The molecule has 2 rings (SSSR count). The van der Waals surface area contributed by atoms with Crippen LogP contribution in [0.5, 0.6) is 0 Å². The number of allylic oxidation sites excluding steroid dienone is 2. The van der Waals surface area contributed by atoms with Crippen LogP contribution in [0.4, 0.5) is 0 Å². The lowest BCUT2D eigenvalue weighted by molar-refractivity contribution is 0.436. The maximum absolute atomic E-state index is 3.38. The van der Waals surface area contributed by atoms with E-state index in [1.165, 1.54) is 6.33 Å². The molecule has 0 radical (unpaired) electrons. The number of nitrogens with zero attached hydrogens (tertiary/aromatic N) is 4. The minimum absolute atomic E-state index is 1.08. The monoisotopic (exact) mass is 179 g/mol. The molecule has 0 amide bonds. The summed E-state index contributed by atoms with van der Waals surface area (Å²) in [6.45, 7) is 4.34. The number of likely N-dealkylation sites (N-methyl/N-ethyl adjacent to an activating group) is 1. The molecule has 0 bridgehead atoms. The maximum atomic E-state index is 3.38. The molecule has 5 nitrogen and oxygen atoms in total. The predicted molar refractivity (Wildman–Crippen MR) is 49.7 cm³/mol. The predicted octanol–water partition coefficient (Wildman–Crippen LogP) is 0.591. The van der Waals surface area contributed by atoms with Crippen molar-refractivity contribution in [3.8, 4) is 0 Å². The van der Waals surface area contributed by atoms with E-state index in [1.807, 2.05) is 0 Å². The van der Waals surface area contributed by atoms with Crippen LogP contribution in [0.15, 0.2) is 30.8 Å². The fourth-order valence-corrected chi connectivity index (χ4v) is 0.871. The lowest BCUT2D eigenvalue weighted by atomic mass is 10.3. The maximum Gasteiger partial charge on any atom is 0.161 e. The lowest BCUT2D eigenvalue weighted by Gasteiger charge is -2.16. The van der Waals surface area contributed by atoms with Crippen molar-refractivity contribution in [2.75, 3.05) is 13.1 Å². The molecule has 0 atom stereocenters. The van der Waals surface area contributed by atoms with Gasteiger partial charge in [0.25, 0.3) is 0 Å². The third-order valence-electron chi connectivity index (χ3n) is 1.56. The average molecular weight is 179 g/mol. The van der Waals surface area contributed by atoms with E-state index in [1.54, 1.807) is 0 Å². The molecule has 2 heterocycles. The van der Waals surface area contributed by atoms with Gasteiger partial charge >= 0.3 is 0 Å². The highest BCUT2D eigenvalue weighted by Crippen LogP contribution is 1.95. The Morgan fingerprint density at radius 1 is 1.46 bits per heavy atom. The molecular weight excluding hydrogens is 166 g/mol. The molecule has 0 aliphatic carbocycles. The van der Waals surface area contributed by atoms with Crippen LogP contribution in [0.3, 0.4) is 0 Å². The van der Waals surface area contributed by atoms with E-state index in [9.17, 15) is 0 Å². The number of rotatable bonds is 1. The number of hydrogen-bond acceptors (Lipinski definition) is 4. The van der Waals surface area contributed by atoms with Crippen LogP contribution in [-0.2, 0) is 0 Å². The van der Waals surface area contributed by atoms with Crippen molar-refractivity contribution < 1.29 is 0 Å². The Hall–Kier alpha value is -1.65. The molecule has 1 aromatic heterocycles. The molecule has 0 spiro atoms. The first-order valence-corrected chi connectivity index (χ1v) is 4.17. The number of tetrazole rings is 1. The summed E-state index contributed by atoms with van der Waals surface area (Å²) >= 11 is 0. The SMILES string of the molecule is CCN1C=CC=CC1.c1nn[nH]n1. The highest BCUT2D eigenvalue weighted by Gasteiger charge is 1.91. The largest absolute Gasteiger partial charge is 0.374 e. The van der Waals surface area contributed by atoms with Gasteiger partial charge in [-0.15, -0.1) is 10.2 Å². The normalized spacial score (nSPS) is 13.8. The molecule has 1 N–H and O–H groups in total. The molecule has 0 fully saturated rings. The van der Waals surface area contributed by atoms with Gasteiger partial charge < -0.3 is 4.90 Å². The van der Waals surface area contributed by atoms with Gasteiger partial charge in [0.1, 0.15) is 0 Å². The van der Waals surface area contributed by atoms with Crippen molar-refractivity contribution in [2.24, 2.45) is 0 Å². The van der Waals surface area contributed by atoms with Crippen LogP contribution >= 0.6 is 0 Å². The molecule has 70 valence electrons. The molecule has 1 aliphatic rings. The summed E-state index contributed by atoms with van der Waals surface area (Å²) in [5, 5.41) is 12.2. The molecule has 0 saturated carbocycles. The smallest absolute Gasteiger partial charge is 0.161 e. The van der Waals surface area contributed by atoms with Gasteiger partial charge in [0, 0.05) is 13.1 Å². The second-order valence-electron chi connectivity index (χ2n) is 2.42. The van der Waals surface area contributed by atoms with Crippen molar-refractivity contribution in [2.45, 2.75) is 6.92 Å². The first kappa shape index (κ1) is 9.44. The molecule has 0 aromatic carbocycles. The van der Waals surface area contributed by atoms with Gasteiger partial charge in [-0.25, -0.2) is 0 Å². The minimum Gasteiger partial charge on any atom is -0.374 e. The Labute approximate surface area is 77.1 Å². The van der Waals surface area contributed by atoms with E-state index in [2.05, 4.69) is 56.9 Å². The van der Waals surface area contributed by atoms with Gasteiger partial charge in [-0.1, -0.05) is 17.4 Å². The van der Waals surface area contributed by atoms with Gasteiger partial charge in [0.15, 0.2) is 6.33 Å². The van der Waals surface area contributed by atoms with Crippen molar-refractivity contribution in [3.05, 3.63) is 30.8 Å². The van der Waals surface area contributed by atoms with Crippen LogP contribution in [-0.4, -0.2) is 38.6 Å². The molecule has 1 aliphatic heterocycles. The summed E-state index contributed by atoms with van der Waals surface area (Å²) in [5.41, 5.74) is 0. The molecule has 0 unspecified atom stereocenters. The topological polar surface area (TPSA) is 57.7 Å². The number of H-pyrrole nitrogens is 1. The van der Waals surface area contributed by atoms with Crippen LogP contribution < -0.4 is 0 Å². The van der Waals surface area contributed by atoms with Crippen molar-refractivity contribution in [1.82, 2.24) is 25.5 Å². The molecule has 0 saturated heterocycles. The van der Waals surface area contributed by atoms with Crippen molar-refractivity contribution in [3.63, 3.8) is 0 Å². The molecule has 1 aromatic rings. The van der Waals surface area contributed by atoms with E-state index in [4.69, 9.17) is 0 Å². The van der Waals surface area contributed by atoms with Crippen molar-refractivity contribution >= 4 is 0 Å². The number of hydrogen-bond donors (Lipinski definition) is 1. The van der Waals surface area contributed by atoms with Crippen molar-refractivity contribution in [1.29, 1.82) is 0 Å². The second-order valence-corrected chi connectivity index (χ2v) is 2.42. The number of aromatic amines is 1. The summed E-state index contributed by atoms with van der Waals surface area (Å²) in [7, 11) is 0. The zero-order valence-electron chi connectivity index (χ0n) is 7.59. The highest BCUT2D eigenvalue weighted by molar-refractivity contribution is 5.08. The first-order valence-electron chi connectivity index (χ1n) is 4.17. The van der Waals surface area contributed by atoms with E-state index in [-0.39, 0.29) is 0 Å². The molecule has 13 heavy (non-hydrogen) atoms. The zero-order valence-corrected chi connectivity index (χ0v) is 7.59. The number of aromatic nitrogens is 4. The van der Waals surface area contributed by atoms with Gasteiger partial charge in [-0.05, 0) is 19.2 Å². The van der Waals surface area contributed by atoms with E-state index < -0.39 is 0 Å². The van der Waals surface area contributed by atoms with Crippen LogP contribution in [0.25, 0.3) is 0 Å². The minimum atomic E-state index is 1.08. The Morgan fingerprint density at radius 3 is 2.69 bits per heavy atom. The van der Waals surface area contributed by atoms with E-state index in [0.29, 0.717) is 0 Å². The third kappa shape index (κ3) is 4.05. The Bertz CT molecular complexity index is 234. The van der Waals surface area contributed by atoms with Crippen LogP contribution in [0, 0.1) is 0 Å². The molecule has 5 heteroatoms. The van der Waals surface area contributed by atoms with Gasteiger partial charge in [-0.3, -0.25) is 0 Å². The first-order chi connectivity index (χ1) is 6.43. The summed E-state index contributed by atoms with van der Waals surface area (Å²) < 4.78 is 0. The fraction of sp³-hybridized carbons (Fsp3) is 0.375. The van der Waals surface area contributed by atoms with Gasteiger partial charge in [0.05, 0.1) is 0 Å². The number of nitrogens with one attached hydrogen (secondary N) is 1. The summed E-state index contributed by atoms with van der Waals surface area (Å²) in [5.74, 6) is 0. The third-order valence-corrected chi connectivity index (χ3v) is 1.56. The zero-order chi connectivity index (χ0) is 9.36. The Kier molecular flexibility index (Phi) is 4.31. The lowest BCUT2D eigenvalue weighted by Crippen LogP contribution is -2.17. The molecular formula is C8H13N5. The summed E-state index contributed by atoms with van der Waals surface area (Å²) in [6, 6.07) is 0. The standard InChI is InChI=1S/C7H11N.CH2N4/c1-2-8-6-4-3-5-7-8;1-2-4-5-3-1/h3-6H,2,7H2,1H3;1H,(H,2,3,4,5). The van der Waals surface area contributed by atoms with E-state index in [0.717, 1.165) is 13.1 Å². The Balaban J connectivity index is 0.000000145. The summed E-state index contributed by atoms with van der Waals surface area (Å²) in [6.07, 6.45) is 9.74. The second kappa shape index (κ2) is 5.93.